The summed E-state index contributed by atoms with van der Waals surface area (Å²) in [6.45, 7) is 0. The highest BCUT2D eigenvalue weighted by Gasteiger charge is 2.35. The fourth-order valence-corrected chi connectivity index (χ4v) is 4.00. The third-order valence-corrected chi connectivity index (χ3v) is 5.25. The first-order chi connectivity index (χ1) is 12.9. The summed E-state index contributed by atoms with van der Waals surface area (Å²) in [4.78, 5) is 37.9. The number of rotatable bonds is 4. The van der Waals surface area contributed by atoms with Crippen LogP contribution in [0.15, 0.2) is 42.5 Å². The van der Waals surface area contributed by atoms with Crippen molar-refractivity contribution >= 4 is 35.3 Å². The summed E-state index contributed by atoms with van der Waals surface area (Å²) in [5, 5.41) is -0.480. The molecule has 1 aliphatic rings. The van der Waals surface area contributed by atoms with Gasteiger partial charge in [-0.3, -0.25) is 9.69 Å². The van der Waals surface area contributed by atoms with Crippen LogP contribution >= 0.6 is 11.8 Å². The van der Waals surface area contributed by atoms with Gasteiger partial charge in [-0.25, -0.2) is 14.0 Å². The third kappa shape index (κ3) is 3.80. The second-order valence-electron chi connectivity index (χ2n) is 5.73. The van der Waals surface area contributed by atoms with Crippen molar-refractivity contribution in [3.8, 4) is 0 Å². The van der Waals surface area contributed by atoms with E-state index in [1.807, 2.05) is 0 Å². The lowest BCUT2D eigenvalue weighted by Gasteiger charge is -2.25. The van der Waals surface area contributed by atoms with Crippen LogP contribution in [0.4, 0.5) is 10.1 Å². The smallest absolute Gasteiger partial charge is 0.337 e. The second kappa shape index (κ2) is 7.79. The zero-order valence-electron chi connectivity index (χ0n) is 14.6. The number of esters is 2. The zero-order chi connectivity index (χ0) is 19.6. The van der Waals surface area contributed by atoms with Crippen molar-refractivity contribution in [1.29, 1.82) is 0 Å². The molecule has 140 valence electrons. The van der Waals surface area contributed by atoms with E-state index in [0.717, 1.165) is 0 Å². The molecule has 6 nitrogen and oxygen atoms in total. The summed E-state index contributed by atoms with van der Waals surface area (Å²) in [5.74, 6) is -1.73. The van der Waals surface area contributed by atoms with Gasteiger partial charge in [0, 0.05) is 5.69 Å². The number of ether oxygens (including phenoxy) is 2. The number of nitrogens with zero attached hydrogens (tertiary/aromatic N) is 1. The predicted molar refractivity (Wildman–Crippen MR) is 98.2 cm³/mol. The Hall–Kier alpha value is -2.87. The van der Waals surface area contributed by atoms with Crippen LogP contribution < -0.4 is 4.90 Å². The number of thioether (sulfide) groups is 1. The molecule has 1 aliphatic heterocycles. The average Bonchev–Trinajstić information content (AvgIpc) is 3.07. The van der Waals surface area contributed by atoms with E-state index in [1.165, 1.54) is 61.2 Å². The molecule has 0 saturated carbocycles. The number of hydrogen-bond donors (Lipinski definition) is 0. The van der Waals surface area contributed by atoms with Gasteiger partial charge in [0.1, 0.15) is 11.2 Å². The number of halogens is 1. The molecule has 3 rings (SSSR count). The van der Waals surface area contributed by atoms with Crippen LogP contribution in [0.1, 0.15) is 31.7 Å². The summed E-state index contributed by atoms with van der Waals surface area (Å²) < 4.78 is 23.1. The number of anilines is 1. The Bertz CT molecular complexity index is 882. The molecule has 0 spiro atoms. The SMILES string of the molecule is COC(=O)c1cc(C(=O)OC)cc(N2C(=O)CS[C@@H]2c2cccc(F)c2)c1. The van der Waals surface area contributed by atoms with Crippen LogP contribution in [-0.4, -0.2) is 37.8 Å². The van der Waals surface area contributed by atoms with Gasteiger partial charge in [0.15, 0.2) is 0 Å². The van der Waals surface area contributed by atoms with Crippen LogP contribution in [0.3, 0.4) is 0 Å². The van der Waals surface area contributed by atoms with Crippen molar-refractivity contribution in [2.24, 2.45) is 0 Å². The van der Waals surface area contributed by atoms with Crippen LogP contribution in [0, 0.1) is 5.82 Å². The van der Waals surface area contributed by atoms with Crippen molar-refractivity contribution in [2.75, 3.05) is 24.9 Å². The summed E-state index contributed by atoms with van der Waals surface area (Å²) in [6.07, 6.45) is 0. The molecule has 0 unspecified atom stereocenters. The fourth-order valence-electron chi connectivity index (χ4n) is 2.83. The van der Waals surface area contributed by atoms with Crippen molar-refractivity contribution < 1.29 is 28.2 Å². The molecule has 1 heterocycles. The molecule has 1 atom stereocenters. The van der Waals surface area contributed by atoms with Crippen molar-refractivity contribution in [3.05, 3.63) is 65.0 Å². The van der Waals surface area contributed by atoms with Crippen LogP contribution in [0.5, 0.6) is 0 Å². The lowest BCUT2D eigenvalue weighted by atomic mass is 10.1. The summed E-state index contributed by atoms with van der Waals surface area (Å²) in [7, 11) is 2.44. The lowest BCUT2D eigenvalue weighted by molar-refractivity contribution is -0.115. The van der Waals surface area contributed by atoms with E-state index in [1.54, 1.807) is 12.1 Å². The lowest BCUT2D eigenvalue weighted by Crippen LogP contribution is -2.28. The van der Waals surface area contributed by atoms with Crippen molar-refractivity contribution in [1.82, 2.24) is 0 Å². The van der Waals surface area contributed by atoms with Gasteiger partial charge in [-0.2, -0.15) is 0 Å². The number of carbonyl (C=O) groups excluding carboxylic acids is 3. The van der Waals surface area contributed by atoms with E-state index in [2.05, 4.69) is 0 Å². The molecular formula is C19H16FNO5S. The van der Waals surface area contributed by atoms with Crippen LogP contribution in [0.2, 0.25) is 0 Å². The first-order valence-corrected chi connectivity index (χ1v) is 9.00. The molecule has 1 amide bonds. The molecule has 0 bridgehead atoms. The van der Waals surface area contributed by atoms with Crippen molar-refractivity contribution in [2.45, 2.75) is 5.37 Å². The Morgan fingerprint density at radius 1 is 1.07 bits per heavy atom. The Labute approximate surface area is 159 Å². The molecule has 1 saturated heterocycles. The topological polar surface area (TPSA) is 72.9 Å². The second-order valence-corrected chi connectivity index (χ2v) is 6.80. The first-order valence-electron chi connectivity index (χ1n) is 7.95. The van der Waals surface area contributed by atoms with E-state index < -0.39 is 23.1 Å². The van der Waals surface area contributed by atoms with E-state index in [4.69, 9.17) is 9.47 Å². The number of methoxy groups -OCH3 is 2. The number of amides is 1. The Morgan fingerprint density at radius 3 is 2.26 bits per heavy atom. The van der Waals surface area contributed by atoms with E-state index in [-0.39, 0.29) is 22.8 Å². The van der Waals surface area contributed by atoms with Gasteiger partial charge in [-0.1, -0.05) is 12.1 Å². The van der Waals surface area contributed by atoms with Gasteiger partial charge in [0.25, 0.3) is 0 Å². The fraction of sp³-hybridized carbons (Fsp3) is 0.211. The van der Waals surface area contributed by atoms with Crippen LogP contribution in [-0.2, 0) is 14.3 Å². The first kappa shape index (κ1) is 18.9. The highest BCUT2D eigenvalue weighted by Crippen LogP contribution is 2.42. The largest absolute Gasteiger partial charge is 0.465 e. The Morgan fingerprint density at radius 2 is 1.70 bits per heavy atom. The maximum Gasteiger partial charge on any atom is 0.337 e. The number of carbonyl (C=O) groups is 3. The normalized spacial score (nSPS) is 16.3. The molecule has 8 heteroatoms. The molecule has 2 aromatic rings. The van der Waals surface area contributed by atoms with Gasteiger partial charge in [0.2, 0.25) is 5.91 Å². The Kier molecular flexibility index (Phi) is 5.46. The highest BCUT2D eigenvalue weighted by atomic mass is 32.2. The van der Waals surface area contributed by atoms with Crippen LogP contribution in [0.25, 0.3) is 0 Å². The molecular weight excluding hydrogens is 373 g/mol. The molecule has 27 heavy (non-hydrogen) atoms. The maximum absolute atomic E-state index is 13.6. The van der Waals surface area contributed by atoms with E-state index in [0.29, 0.717) is 11.3 Å². The summed E-state index contributed by atoms with van der Waals surface area (Å²) in [6, 6.07) is 10.2. The predicted octanol–water partition coefficient (Wildman–Crippen LogP) is 3.18. The monoisotopic (exact) mass is 389 g/mol. The Balaban J connectivity index is 2.10. The molecule has 2 aromatic carbocycles. The zero-order valence-corrected chi connectivity index (χ0v) is 15.4. The van der Waals surface area contributed by atoms with Gasteiger partial charge >= 0.3 is 11.9 Å². The van der Waals surface area contributed by atoms with Gasteiger partial charge in [-0.05, 0) is 35.9 Å². The summed E-state index contributed by atoms with van der Waals surface area (Å²) >= 11 is 1.33. The van der Waals surface area contributed by atoms with E-state index in [9.17, 15) is 18.8 Å². The quantitative estimate of drug-likeness (QED) is 0.748. The van der Waals surface area contributed by atoms with Gasteiger partial charge in [0.05, 0.1) is 31.1 Å². The summed E-state index contributed by atoms with van der Waals surface area (Å²) in [5.41, 5.74) is 1.16. The number of hydrogen-bond acceptors (Lipinski definition) is 6. The standard InChI is InChI=1S/C19H16FNO5S/c1-25-18(23)12-6-13(19(24)26-2)9-15(8-12)21-16(22)10-27-17(21)11-4-3-5-14(20)7-11/h3-9,17H,10H2,1-2H3/t17-/m1/s1. The molecule has 0 N–H and O–H groups in total. The molecule has 0 aromatic heterocycles. The highest BCUT2D eigenvalue weighted by molar-refractivity contribution is 8.00. The van der Waals surface area contributed by atoms with Crippen molar-refractivity contribution in [3.63, 3.8) is 0 Å². The third-order valence-electron chi connectivity index (χ3n) is 4.04. The average molecular weight is 389 g/mol. The minimum Gasteiger partial charge on any atom is -0.465 e. The maximum atomic E-state index is 13.6. The van der Waals surface area contributed by atoms with Gasteiger partial charge in [-0.15, -0.1) is 11.8 Å². The molecule has 1 fully saturated rings. The minimum absolute atomic E-state index is 0.109. The molecule has 0 radical (unpaired) electrons. The van der Waals surface area contributed by atoms with E-state index >= 15 is 0 Å². The number of benzene rings is 2. The molecule has 0 aliphatic carbocycles. The van der Waals surface area contributed by atoms with Gasteiger partial charge < -0.3 is 9.47 Å². The minimum atomic E-state index is -0.649.